The molecular weight excluding hydrogens is 334 g/mol. The van der Waals surface area contributed by atoms with E-state index in [-0.39, 0.29) is 25.5 Å². The van der Waals surface area contributed by atoms with Crippen molar-refractivity contribution in [1.82, 2.24) is 5.32 Å². The van der Waals surface area contributed by atoms with Crippen molar-refractivity contribution < 1.29 is 23.2 Å². The summed E-state index contributed by atoms with van der Waals surface area (Å²) in [5.74, 6) is 1.26. The summed E-state index contributed by atoms with van der Waals surface area (Å²) in [6.07, 6.45) is 2.09. The average molecular weight is 353 g/mol. The number of hydrogen-bond donors (Lipinski definition) is 1. The summed E-state index contributed by atoms with van der Waals surface area (Å²) < 4.78 is 15.8. The van der Waals surface area contributed by atoms with E-state index in [4.69, 9.17) is 13.6 Å². The van der Waals surface area contributed by atoms with Gasteiger partial charge in [-0.3, -0.25) is 9.59 Å². The molecule has 0 bridgehead atoms. The van der Waals surface area contributed by atoms with Gasteiger partial charge in [-0.05, 0) is 24.3 Å². The predicted octanol–water partition coefficient (Wildman–Crippen LogP) is 3.33. The molecule has 0 saturated heterocycles. The molecule has 0 fully saturated rings. The molecule has 2 heterocycles. The Morgan fingerprint density at radius 3 is 2.58 bits per heavy atom. The highest BCUT2D eigenvalue weighted by molar-refractivity contribution is 5.80. The third-order valence-corrected chi connectivity index (χ3v) is 3.70. The van der Waals surface area contributed by atoms with E-state index in [1.807, 2.05) is 42.5 Å². The molecule has 134 valence electrons. The van der Waals surface area contributed by atoms with Gasteiger partial charge in [0.15, 0.2) is 6.61 Å². The van der Waals surface area contributed by atoms with Gasteiger partial charge in [-0.25, -0.2) is 0 Å². The number of carbonyl (C=O) groups excluding carboxylic acids is 2. The van der Waals surface area contributed by atoms with Gasteiger partial charge in [0.25, 0.3) is 5.91 Å². The van der Waals surface area contributed by atoms with Crippen LogP contribution in [0.25, 0.3) is 11.3 Å². The lowest BCUT2D eigenvalue weighted by molar-refractivity contribution is -0.148. The van der Waals surface area contributed by atoms with Crippen LogP contribution in [0.15, 0.2) is 69.7 Å². The number of carbonyl (C=O) groups is 2. The number of aryl methyl sites for hydroxylation is 1. The first-order valence-electron chi connectivity index (χ1n) is 8.29. The Kier molecular flexibility index (Phi) is 5.88. The molecule has 3 aromatic rings. The topological polar surface area (TPSA) is 81.7 Å². The molecule has 0 atom stereocenters. The molecular formula is C20H19NO5. The van der Waals surface area contributed by atoms with Crippen LogP contribution < -0.4 is 5.32 Å². The van der Waals surface area contributed by atoms with E-state index in [1.165, 1.54) is 6.26 Å². The van der Waals surface area contributed by atoms with E-state index in [9.17, 15) is 9.59 Å². The van der Waals surface area contributed by atoms with Crippen LogP contribution in [-0.2, 0) is 27.3 Å². The molecule has 0 spiro atoms. The Balaban J connectivity index is 1.37. The van der Waals surface area contributed by atoms with E-state index in [0.29, 0.717) is 17.9 Å². The second-order valence-electron chi connectivity index (χ2n) is 5.65. The minimum atomic E-state index is -0.448. The number of amides is 1. The summed E-state index contributed by atoms with van der Waals surface area (Å²) in [6.45, 7) is -0.0506. The fraction of sp³-hybridized carbons (Fsp3) is 0.200. The SMILES string of the molecule is O=C(COC(=O)CCc1ccc(-c2ccccc2)o1)NCc1ccco1. The standard InChI is InChI=1S/C20H19NO5/c22-19(21-13-17-7-4-12-24-17)14-25-20(23)11-9-16-8-10-18(26-16)15-5-2-1-3-6-15/h1-8,10,12H,9,11,13-14H2,(H,21,22). The molecule has 3 rings (SSSR count). The number of rotatable bonds is 8. The molecule has 0 saturated carbocycles. The van der Waals surface area contributed by atoms with Crippen LogP contribution in [-0.4, -0.2) is 18.5 Å². The minimum Gasteiger partial charge on any atom is -0.467 e. The highest BCUT2D eigenvalue weighted by atomic mass is 16.5. The van der Waals surface area contributed by atoms with Crippen LogP contribution in [0.2, 0.25) is 0 Å². The first-order chi connectivity index (χ1) is 12.7. The molecule has 0 unspecified atom stereocenters. The van der Waals surface area contributed by atoms with Crippen molar-refractivity contribution in [2.75, 3.05) is 6.61 Å². The number of ether oxygens (including phenoxy) is 1. The van der Waals surface area contributed by atoms with Crippen molar-refractivity contribution in [3.8, 4) is 11.3 Å². The second kappa shape index (κ2) is 8.71. The molecule has 0 aliphatic rings. The van der Waals surface area contributed by atoms with E-state index in [1.54, 1.807) is 12.1 Å². The molecule has 1 N–H and O–H groups in total. The summed E-state index contributed by atoms with van der Waals surface area (Å²) >= 11 is 0. The normalized spacial score (nSPS) is 10.5. The van der Waals surface area contributed by atoms with Gasteiger partial charge in [-0.15, -0.1) is 0 Å². The Labute approximate surface area is 150 Å². The molecule has 0 aliphatic heterocycles. The van der Waals surface area contributed by atoms with Gasteiger partial charge >= 0.3 is 5.97 Å². The maximum absolute atomic E-state index is 11.8. The monoisotopic (exact) mass is 353 g/mol. The van der Waals surface area contributed by atoms with E-state index in [0.717, 1.165) is 11.3 Å². The van der Waals surface area contributed by atoms with Gasteiger partial charge in [0.1, 0.15) is 17.3 Å². The second-order valence-corrected chi connectivity index (χ2v) is 5.65. The van der Waals surface area contributed by atoms with Gasteiger partial charge in [-0.1, -0.05) is 30.3 Å². The van der Waals surface area contributed by atoms with Gasteiger partial charge in [0.05, 0.1) is 19.2 Å². The van der Waals surface area contributed by atoms with Gasteiger partial charge in [0, 0.05) is 12.0 Å². The largest absolute Gasteiger partial charge is 0.467 e. The van der Waals surface area contributed by atoms with E-state index < -0.39 is 5.97 Å². The Hall–Kier alpha value is -3.28. The lowest BCUT2D eigenvalue weighted by atomic mass is 10.2. The van der Waals surface area contributed by atoms with E-state index >= 15 is 0 Å². The summed E-state index contributed by atoms with van der Waals surface area (Å²) in [5, 5.41) is 2.61. The summed E-state index contributed by atoms with van der Waals surface area (Å²) in [4.78, 5) is 23.4. The molecule has 0 radical (unpaired) electrons. The highest BCUT2D eigenvalue weighted by Gasteiger charge is 2.10. The van der Waals surface area contributed by atoms with Crippen molar-refractivity contribution in [3.63, 3.8) is 0 Å². The lowest BCUT2D eigenvalue weighted by Crippen LogP contribution is -2.28. The zero-order chi connectivity index (χ0) is 18.2. The summed E-state index contributed by atoms with van der Waals surface area (Å²) in [7, 11) is 0. The van der Waals surface area contributed by atoms with Crippen molar-refractivity contribution >= 4 is 11.9 Å². The summed E-state index contributed by atoms with van der Waals surface area (Å²) in [5.41, 5.74) is 0.981. The Morgan fingerprint density at radius 1 is 0.962 bits per heavy atom. The zero-order valence-electron chi connectivity index (χ0n) is 14.1. The minimum absolute atomic E-state index is 0.146. The lowest BCUT2D eigenvalue weighted by Gasteiger charge is -2.05. The third kappa shape index (κ3) is 5.11. The fourth-order valence-corrected chi connectivity index (χ4v) is 2.36. The number of furan rings is 2. The van der Waals surface area contributed by atoms with E-state index in [2.05, 4.69) is 5.32 Å². The number of hydrogen-bond acceptors (Lipinski definition) is 5. The van der Waals surface area contributed by atoms with Crippen LogP contribution in [0.3, 0.4) is 0 Å². The highest BCUT2D eigenvalue weighted by Crippen LogP contribution is 2.22. The van der Waals surface area contributed by atoms with Gasteiger partial charge in [0.2, 0.25) is 0 Å². The van der Waals surface area contributed by atoms with Crippen LogP contribution in [0, 0.1) is 0 Å². The molecule has 6 nitrogen and oxygen atoms in total. The van der Waals surface area contributed by atoms with Crippen molar-refractivity contribution in [1.29, 1.82) is 0 Å². The number of benzene rings is 1. The number of esters is 1. The quantitative estimate of drug-likeness (QED) is 0.628. The molecule has 26 heavy (non-hydrogen) atoms. The molecule has 0 aliphatic carbocycles. The fourth-order valence-electron chi connectivity index (χ4n) is 2.36. The third-order valence-electron chi connectivity index (χ3n) is 3.70. The summed E-state index contributed by atoms with van der Waals surface area (Å²) in [6, 6.07) is 16.9. The first kappa shape index (κ1) is 17.5. The van der Waals surface area contributed by atoms with Crippen LogP contribution in [0.5, 0.6) is 0 Å². The smallest absolute Gasteiger partial charge is 0.306 e. The first-order valence-corrected chi connectivity index (χ1v) is 8.29. The van der Waals surface area contributed by atoms with Crippen molar-refractivity contribution in [3.05, 3.63) is 72.4 Å². The molecule has 1 aromatic carbocycles. The van der Waals surface area contributed by atoms with Crippen LogP contribution in [0.4, 0.5) is 0 Å². The molecule has 6 heteroatoms. The predicted molar refractivity (Wildman–Crippen MR) is 94.0 cm³/mol. The Morgan fingerprint density at radius 2 is 1.81 bits per heavy atom. The molecule has 2 aromatic heterocycles. The van der Waals surface area contributed by atoms with Crippen molar-refractivity contribution in [2.45, 2.75) is 19.4 Å². The maximum atomic E-state index is 11.8. The van der Waals surface area contributed by atoms with Gasteiger partial charge in [-0.2, -0.15) is 0 Å². The molecule has 1 amide bonds. The number of nitrogens with one attached hydrogen (secondary N) is 1. The average Bonchev–Trinajstić information content (AvgIpc) is 3.35. The maximum Gasteiger partial charge on any atom is 0.306 e. The Bertz CT molecular complexity index is 836. The van der Waals surface area contributed by atoms with Gasteiger partial charge < -0.3 is 18.9 Å². The van der Waals surface area contributed by atoms with Crippen LogP contribution >= 0.6 is 0 Å². The van der Waals surface area contributed by atoms with Crippen LogP contribution in [0.1, 0.15) is 17.9 Å². The van der Waals surface area contributed by atoms with Crippen molar-refractivity contribution in [2.24, 2.45) is 0 Å². The zero-order valence-corrected chi connectivity index (χ0v) is 14.1.